The van der Waals surface area contributed by atoms with Gasteiger partial charge in [0.2, 0.25) is 0 Å². The number of hydrogen-bond donors (Lipinski definition) is 0. The molecule has 144 valence electrons. The zero-order chi connectivity index (χ0) is 20.1. The molecule has 0 fully saturated rings. The number of hydrogen-bond acceptors (Lipinski definition) is 3. The summed E-state index contributed by atoms with van der Waals surface area (Å²) >= 11 is 14.1. The maximum Gasteiger partial charge on any atom is 0.0729 e. The summed E-state index contributed by atoms with van der Waals surface area (Å²) in [4.78, 5) is 9.27. The van der Waals surface area contributed by atoms with Crippen molar-refractivity contribution in [3.63, 3.8) is 0 Å². The third-order valence-electron chi connectivity index (χ3n) is 4.53. The van der Waals surface area contributed by atoms with Crippen LogP contribution in [-0.4, -0.2) is 9.97 Å². The van der Waals surface area contributed by atoms with Crippen LogP contribution in [0.1, 0.15) is 33.0 Å². The summed E-state index contributed by atoms with van der Waals surface area (Å²) in [6.07, 6.45) is 3.66. The topological polar surface area (TPSA) is 25.8 Å². The van der Waals surface area contributed by atoms with E-state index in [1.165, 1.54) is 0 Å². The number of halogens is 2. The van der Waals surface area contributed by atoms with E-state index in [0.29, 0.717) is 0 Å². The van der Waals surface area contributed by atoms with Gasteiger partial charge in [0.1, 0.15) is 0 Å². The van der Waals surface area contributed by atoms with E-state index >= 15 is 0 Å². The minimum absolute atomic E-state index is 0.0242. The minimum Gasteiger partial charge on any atom is -0.260 e. The largest absolute Gasteiger partial charge is 0.260 e. The van der Waals surface area contributed by atoms with Gasteiger partial charge in [-0.2, -0.15) is 0 Å². The van der Waals surface area contributed by atoms with E-state index in [1.54, 1.807) is 11.8 Å². The molecule has 2 heterocycles. The van der Waals surface area contributed by atoms with E-state index in [4.69, 9.17) is 23.2 Å². The molecule has 0 saturated carbocycles. The molecule has 2 aromatic carbocycles. The Hall–Kier alpha value is -2.33. The highest BCUT2D eigenvalue weighted by Crippen LogP contribution is 2.46. The fraction of sp³-hybridized carbons (Fsp3) is 0.0833. The first-order valence-electron chi connectivity index (χ1n) is 9.19. The Kier molecular flexibility index (Phi) is 6.50. The molecular weight excluding hydrogens is 419 g/mol. The molecule has 0 amide bonds. The van der Waals surface area contributed by atoms with Crippen molar-refractivity contribution >= 4 is 35.0 Å². The van der Waals surface area contributed by atoms with E-state index in [2.05, 4.69) is 46.4 Å². The molecule has 0 radical (unpaired) electrons. The molecular formula is C24H18Cl2N2S. The van der Waals surface area contributed by atoms with Gasteiger partial charge < -0.3 is 0 Å². The Morgan fingerprint density at radius 2 is 0.966 bits per heavy atom. The summed E-state index contributed by atoms with van der Waals surface area (Å²) < 4.78 is 0. The SMILES string of the molecule is Clc1ccc(C(SC(c2ccc(Cl)cc2)c2ccccn2)c2ccccn2)cc1. The van der Waals surface area contributed by atoms with Crippen LogP contribution >= 0.6 is 35.0 Å². The lowest BCUT2D eigenvalue weighted by Crippen LogP contribution is -2.06. The molecule has 5 heteroatoms. The molecule has 0 saturated heterocycles. The number of aromatic nitrogens is 2. The van der Waals surface area contributed by atoms with Gasteiger partial charge in [-0.1, -0.05) is 59.6 Å². The molecule has 0 aliphatic rings. The first-order chi connectivity index (χ1) is 14.2. The summed E-state index contributed by atoms with van der Waals surface area (Å²) in [6.45, 7) is 0. The second-order valence-electron chi connectivity index (χ2n) is 6.51. The third-order valence-corrected chi connectivity index (χ3v) is 6.61. The second kappa shape index (κ2) is 9.45. The molecule has 4 rings (SSSR count). The predicted molar refractivity (Wildman–Crippen MR) is 123 cm³/mol. The molecule has 2 nitrogen and oxygen atoms in total. The normalized spacial score (nSPS) is 13.0. The molecule has 0 N–H and O–H groups in total. The van der Waals surface area contributed by atoms with Crippen LogP contribution in [0.4, 0.5) is 0 Å². The Morgan fingerprint density at radius 3 is 1.31 bits per heavy atom. The van der Waals surface area contributed by atoms with Crippen molar-refractivity contribution in [3.8, 4) is 0 Å². The van der Waals surface area contributed by atoms with Crippen LogP contribution in [0.2, 0.25) is 10.0 Å². The van der Waals surface area contributed by atoms with Crippen LogP contribution in [0.5, 0.6) is 0 Å². The van der Waals surface area contributed by atoms with Crippen molar-refractivity contribution in [2.75, 3.05) is 0 Å². The summed E-state index contributed by atoms with van der Waals surface area (Å²) in [5.74, 6) is 0. The summed E-state index contributed by atoms with van der Waals surface area (Å²) in [6, 6.07) is 28.0. The fourth-order valence-electron chi connectivity index (χ4n) is 3.11. The lowest BCUT2D eigenvalue weighted by molar-refractivity contribution is 1.00. The van der Waals surface area contributed by atoms with Crippen LogP contribution in [0.15, 0.2) is 97.3 Å². The van der Waals surface area contributed by atoms with Gasteiger partial charge in [-0.3, -0.25) is 9.97 Å². The first-order valence-corrected chi connectivity index (χ1v) is 10.9. The van der Waals surface area contributed by atoms with Gasteiger partial charge >= 0.3 is 0 Å². The maximum atomic E-state index is 6.13. The Bertz CT molecular complexity index is 953. The highest BCUT2D eigenvalue weighted by atomic mass is 35.5. The van der Waals surface area contributed by atoms with E-state index < -0.39 is 0 Å². The maximum absolute atomic E-state index is 6.13. The molecule has 0 bridgehead atoms. The zero-order valence-electron chi connectivity index (χ0n) is 15.5. The smallest absolute Gasteiger partial charge is 0.0729 e. The minimum atomic E-state index is 0.0242. The monoisotopic (exact) mass is 436 g/mol. The standard InChI is InChI=1S/C24H18Cl2N2S/c25-19-11-7-17(8-12-19)23(21-5-1-3-15-27-21)29-24(22-6-2-4-16-28-22)18-9-13-20(26)14-10-18/h1-16,23-24H. The van der Waals surface area contributed by atoms with Gasteiger partial charge in [-0.25, -0.2) is 0 Å². The van der Waals surface area contributed by atoms with Gasteiger partial charge in [0.25, 0.3) is 0 Å². The Morgan fingerprint density at radius 1 is 0.552 bits per heavy atom. The molecule has 0 aliphatic carbocycles. The number of rotatable bonds is 6. The van der Waals surface area contributed by atoms with Crippen LogP contribution in [0, 0.1) is 0 Å². The van der Waals surface area contributed by atoms with Gasteiger partial charge in [0, 0.05) is 22.4 Å². The lowest BCUT2D eigenvalue weighted by atomic mass is 10.1. The summed E-state index contributed by atoms with van der Waals surface area (Å²) in [5, 5.41) is 1.49. The molecule has 0 aliphatic heterocycles. The molecule has 29 heavy (non-hydrogen) atoms. The van der Waals surface area contributed by atoms with E-state index in [-0.39, 0.29) is 10.5 Å². The molecule has 2 unspecified atom stereocenters. The van der Waals surface area contributed by atoms with Gasteiger partial charge in [-0.05, 0) is 59.7 Å². The number of nitrogens with zero attached hydrogens (tertiary/aromatic N) is 2. The average molecular weight is 437 g/mol. The van der Waals surface area contributed by atoms with E-state index in [1.807, 2.05) is 60.9 Å². The van der Waals surface area contributed by atoms with Crippen LogP contribution < -0.4 is 0 Å². The number of pyridine rings is 2. The van der Waals surface area contributed by atoms with Gasteiger partial charge in [0.15, 0.2) is 0 Å². The average Bonchev–Trinajstić information content (AvgIpc) is 2.77. The van der Waals surface area contributed by atoms with Gasteiger partial charge in [-0.15, -0.1) is 11.8 Å². The molecule has 0 spiro atoms. The first kappa shape index (κ1) is 20.0. The molecule has 2 aromatic heterocycles. The predicted octanol–water partition coefficient (Wildman–Crippen LogP) is 7.40. The number of thioether (sulfide) groups is 1. The second-order valence-corrected chi connectivity index (χ2v) is 8.60. The summed E-state index contributed by atoms with van der Waals surface area (Å²) in [7, 11) is 0. The van der Waals surface area contributed by atoms with Gasteiger partial charge in [0.05, 0.1) is 21.9 Å². The van der Waals surface area contributed by atoms with Crippen molar-refractivity contribution in [2.45, 2.75) is 10.5 Å². The quantitative estimate of drug-likeness (QED) is 0.314. The summed E-state index contributed by atoms with van der Waals surface area (Å²) in [5.41, 5.74) is 4.28. The Balaban J connectivity index is 1.77. The van der Waals surface area contributed by atoms with Crippen LogP contribution in [-0.2, 0) is 0 Å². The van der Waals surface area contributed by atoms with Crippen LogP contribution in [0.25, 0.3) is 0 Å². The third kappa shape index (κ3) is 4.99. The van der Waals surface area contributed by atoms with Crippen molar-refractivity contribution in [3.05, 3.63) is 130 Å². The highest BCUT2D eigenvalue weighted by Gasteiger charge is 2.25. The fourth-order valence-corrected chi connectivity index (χ4v) is 4.82. The Labute approximate surface area is 185 Å². The highest BCUT2D eigenvalue weighted by molar-refractivity contribution is 8.00. The number of benzene rings is 2. The van der Waals surface area contributed by atoms with Crippen molar-refractivity contribution in [1.82, 2.24) is 9.97 Å². The molecule has 4 aromatic rings. The van der Waals surface area contributed by atoms with Crippen molar-refractivity contribution < 1.29 is 0 Å². The van der Waals surface area contributed by atoms with Crippen LogP contribution in [0.3, 0.4) is 0 Å². The lowest BCUT2D eigenvalue weighted by Gasteiger charge is -2.24. The van der Waals surface area contributed by atoms with Crippen molar-refractivity contribution in [2.24, 2.45) is 0 Å². The zero-order valence-corrected chi connectivity index (χ0v) is 17.8. The van der Waals surface area contributed by atoms with E-state index in [9.17, 15) is 0 Å². The van der Waals surface area contributed by atoms with E-state index in [0.717, 1.165) is 32.6 Å². The van der Waals surface area contributed by atoms with Crippen molar-refractivity contribution in [1.29, 1.82) is 0 Å². The molecule has 2 atom stereocenters.